The number of nitrogens with zero attached hydrogens (tertiary/aromatic N) is 2. The average Bonchev–Trinajstić information content (AvgIpc) is 2.90. The molecule has 1 amide bonds. The second-order valence-electron chi connectivity index (χ2n) is 5.72. The standard InChI is InChI=1S/C17H18N2O3S/c20-17(15-9-11-23(21,22)13-15)18-16-8-4-5-10-19(16)12-14-6-2-1-3-7-14/h1-8,10,15H,9,11-13H2. The third-order valence-electron chi connectivity index (χ3n) is 3.92. The van der Waals surface area contributed by atoms with Crippen LogP contribution in [-0.2, 0) is 21.2 Å². The van der Waals surface area contributed by atoms with Crippen LogP contribution < -0.4 is 5.49 Å². The van der Waals surface area contributed by atoms with E-state index in [2.05, 4.69) is 4.99 Å². The van der Waals surface area contributed by atoms with Gasteiger partial charge < -0.3 is 4.57 Å². The summed E-state index contributed by atoms with van der Waals surface area (Å²) < 4.78 is 24.9. The van der Waals surface area contributed by atoms with Crippen LogP contribution >= 0.6 is 0 Å². The van der Waals surface area contributed by atoms with Crippen LogP contribution in [0.25, 0.3) is 0 Å². The van der Waals surface area contributed by atoms with E-state index in [9.17, 15) is 13.2 Å². The highest BCUT2D eigenvalue weighted by Gasteiger charge is 2.32. The molecule has 5 nitrogen and oxygen atoms in total. The third-order valence-corrected chi connectivity index (χ3v) is 5.69. The Hall–Kier alpha value is -2.21. The highest BCUT2D eigenvalue weighted by molar-refractivity contribution is 7.91. The van der Waals surface area contributed by atoms with Crippen molar-refractivity contribution in [1.82, 2.24) is 4.57 Å². The average molecular weight is 330 g/mol. The molecule has 1 unspecified atom stereocenters. The Balaban J connectivity index is 1.86. The van der Waals surface area contributed by atoms with E-state index < -0.39 is 15.8 Å². The van der Waals surface area contributed by atoms with Crippen molar-refractivity contribution in [2.24, 2.45) is 10.9 Å². The zero-order chi connectivity index (χ0) is 16.3. The van der Waals surface area contributed by atoms with Crippen LogP contribution in [-0.4, -0.2) is 30.4 Å². The van der Waals surface area contributed by atoms with E-state index in [-0.39, 0.29) is 17.4 Å². The molecular formula is C17H18N2O3S. The van der Waals surface area contributed by atoms with Crippen LogP contribution in [0.15, 0.2) is 59.7 Å². The number of carbonyl (C=O) groups is 1. The van der Waals surface area contributed by atoms with Crippen LogP contribution in [0.2, 0.25) is 0 Å². The van der Waals surface area contributed by atoms with Crippen LogP contribution in [0.1, 0.15) is 12.0 Å². The number of hydrogen-bond donors (Lipinski definition) is 0. The van der Waals surface area contributed by atoms with E-state index in [4.69, 9.17) is 0 Å². The molecule has 23 heavy (non-hydrogen) atoms. The van der Waals surface area contributed by atoms with Crippen molar-refractivity contribution in [2.75, 3.05) is 11.5 Å². The number of hydrogen-bond acceptors (Lipinski definition) is 3. The Morgan fingerprint density at radius 1 is 1.13 bits per heavy atom. The summed E-state index contributed by atoms with van der Waals surface area (Å²) in [7, 11) is -3.08. The fraction of sp³-hybridized carbons (Fsp3) is 0.294. The minimum absolute atomic E-state index is 0.0811. The van der Waals surface area contributed by atoms with Gasteiger partial charge in [0.25, 0.3) is 5.91 Å². The molecule has 1 aromatic heterocycles. The predicted molar refractivity (Wildman–Crippen MR) is 87.3 cm³/mol. The molecule has 6 heteroatoms. The first-order valence-corrected chi connectivity index (χ1v) is 9.34. The van der Waals surface area contributed by atoms with Crippen molar-refractivity contribution in [3.05, 3.63) is 65.8 Å². The van der Waals surface area contributed by atoms with Gasteiger partial charge in [-0.3, -0.25) is 4.79 Å². The molecule has 1 aliphatic heterocycles. The van der Waals surface area contributed by atoms with Crippen molar-refractivity contribution < 1.29 is 13.2 Å². The monoisotopic (exact) mass is 330 g/mol. The fourth-order valence-electron chi connectivity index (χ4n) is 2.68. The van der Waals surface area contributed by atoms with Crippen molar-refractivity contribution in [1.29, 1.82) is 0 Å². The summed E-state index contributed by atoms with van der Waals surface area (Å²) in [6, 6.07) is 15.4. The lowest BCUT2D eigenvalue weighted by Crippen LogP contribution is -2.24. The van der Waals surface area contributed by atoms with E-state index in [0.717, 1.165) is 5.56 Å². The van der Waals surface area contributed by atoms with Crippen molar-refractivity contribution in [3.8, 4) is 0 Å². The normalized spacial score (nSPS) is 20.5. The van der Waals surface area contributed by atoms with Gasteiger partial charge in [-0.2, -0.15) is 4.99 Å². The van der Waals surface area contributed by atoms with Gasteiger partial charge in [-0.25, -0.2) is 8.42 Å². The maximum atomic E-state index is 12.3. The van der Waals surface area contributed by atoms with Crippen LogP contribution in [0.3, 0.4) is 0 Å². The maximum Gasteiger partial charge on any atom is 0.251 e. The quantitative estimate of drug-likeness (QED) is 0.854. The summed E-state index contributed by atoms with van der Waals surface area (Å²) in [5, 5.41) is 0. The number of carbonyl (C=O) groups excluding carboxylic acids is 1. The molecule has 0 radical (unpaired) electrons. The molecule has 1 saturated heterocycles. The molecule has 0 aliphatic carbocycles. The molecule has 0 bridgehead atoms. The van der Waals surface area contributed by atoms with E-state index >= 15 is 0 Å². The van der Waals surface area contributed by atoms with Gasteiger partial charge in [0.2, 0.25) is 0 Å². The van der Waals surface area contributed by atoms with E-state index in [1.165, 1.54) is 0 Å². The van der Waals surface area contributed by atoms with Crippen LogP contribution in [0, 0.1) is 5.92 Å². The van der Waals surface area contributed by atoms with Crippen molar-refractivity contribution in [2.45, 2.75) is 13.0 Å². The SMILES string of the molecule is O=C(N=c1ccccn1Cc1ccccc1)C1CCS(=O)(=O)C1. The zero-order valence-corrected chi connectivity index (χ0v) is 13.4. The Bertz CT molecular complexity index is 870. The maximum absolute atomic E-state index is 12.3. The highest BCUT2D eigenvalue weighted by Crippen LogP contribution is 2.19. The van der Waals surface area contributed by atoms with Crippen molar-refractivity contribution in [3.63, 3.8) is 0 Å². The summed E-state index contributed by atoms with van der Waals surface area (Å²) in [6.45, 7) is 0.608. The summed E-state index contributed by atoms with van der Waals surface area (Å²) in [6.07, 6.45) is 2.24. The second-order valence-corrected chi connectivity index (χ2v) is 7.95. The first-order valence-electron chi connectivity index (χ1n) is 7.52. The lowest BCUT2D eigenvalue weighted by Gasteiger charge is -2.08. The van der Waals surface area contributed by atoms with Gasteiger partial charge in [0.1, 0.15) is 5.49 Å². The predicted octanol–water partition coefficient (Wildman–Crippen LogP) is 1.40. The van der Waals surface area contributed by atoms with Crippen LogP contribution in [0.4, 0.5) is 0 Å². The Morgan fingerprint density at radius 2 is 1.87 bits per heavy atom. The molecule has 0 N–H and O–H groups in total. The molecule has 2 heterocycles. The van der Waals surface area contributed by atoms with E-state index in [1.807, 2.05) is 53.2 Å². The van der Waals surface area contributed by atoms with E-state index in [1.54, 1.807) is 6.07 Å². The summed E-state index contributed by atoms with van der Waals surface area (Å²) in [5.74, 6) is -0.858. The van der Waals surface area contributed by atoms with Gasteiger partial charge in [0.15, 0.2) is 9.84 Å². The largest absolute Gasteiger partial charge is 0.328 e. The first kappa shape index (κ1) is 15.7. The number of pyridine rings is 1. The van der Waals surface area contributed by atoms with Gasteiger partial charge >= 0.3 is 0 Å². The smallest absolute Gasteiger partial charge is 0.251 e. The zero-order valence-electron chi connectivity index (χ0n) is 12.6. The number of rotatable bonds is 3. The molecule has 1 fully saturated rings. The summed E-state index contributed by atoms with van der Waals surface area (Å²) >= 11 is 0. The summed E-state index contributed by atoms with van der Waals surface area (Å²) in [4.78, 5) is 16.4. The Kier molecular flexibility index (Phi) is 4.43. The molecule has 2 aromatic rings. The number of sulfone groups is 1. The molecular weight excluding hydrogens is 312 g/mol. The molecule has 1 aliphatic rings. The van der Waals surface area contributed by atoms with Gasteiger partial charge in [0.05, 0.1) is 17.4 Å². The van der Waals surface area contributed by atoms with Crippen LogP contribution in [0.5, 0.6) is 0 Å². The Labute approximate surface area is 135 Å². The molecule has 120 valence electrons. The van der Waals surface area contributed by atoms with Gasteiger partial charge in [-0.15, -0.1) is 0 Å². The van der Waals surface area contributed by atoms with Gasteiger partial charge in [0, 0.05) is 12.7 Å². The minimum atomic E-state index is -3.08. The lowest BCUT2D eigenvalue weighted by atomic mass is 10.1. The third kappa shape index (κ3) is 3.96. The van der Waals surface area contributed by atoms with Crippen molar-refractivity contribution >= 4 is 15.7 Å². The minimum Gasteiger partial charge on any atom is -0.328 e. The highest BCUT2D eigenvalue weighted by atomic mass is 32.2. The van der Waals surface area contributed by atoms with E-state index in [0.29, 0.717) is 18.5 Å². The molecule has 0 saturated carbocycles. The lowest BCUT2D eigenvalue weighted by molar-refractivity contribution is -0.121. The molecule has 1 atom stereocenters. The summed E-state index contributed by atoms with van der Waals surface area (Å²) in [5.41, 5.74) is 1.65. The Morgan fingerprint density at radius 3 is 2.57 bits per heavy atom. The van der Waals surface area contributed by atoms with Gasteiger partial charge in [-0.1, -0.05) is 36.4 Å². The molecule has 3 rings (SSSR count). The number of aromatic nitrogens is 1. The number of benzene rings is 1. The fourth-order valence-corrected chi connectivity index (χ4v) is 4.41. The topological polar surface area (TPSA) is 68.5 Å². The second kappa shape index (κ2) is 6.50. The van der Waals surface area contributed by atoms with Gasteiger partial charge in [-0.05, 0) is 24.1 Å². The molecule has 0 spiro atoms. The molecule has 1 aromatic carbocycles. The number of amides is 1. The first-order chi connectivity index (χ1) is 11.0.